The summed E-state index contributed by atoms with van der Waals surface area (Å²) in [6.45, 7) is 0.0923. The molecule has 2 N–H and O–H groups in total. The highest BCUT2D eigenvalue weighted by atomic mass is 32.1. The molecule has 1 unspecified atom stereocenters. The van der Waals surface area contributed by atoms with Gasteiger partial charge in [0, 0.05) is 12.1 Å². The summed E-state index contributed by atoms with van der Waals surface area (Å²) in [6, 6.07) is 10.5. The first kappa shape index (κ1) is 17.2. The predicted octanol–water partition coefficient (Wildman–Crippen LogP) is 2.78. The number of aromatic nitrogens is 1. The van der Waals surface area contributed by atoms with Crippen molar-refractivity contribution in [3.63, 3.8) is 0 Å². The van der Waals surface area contributed by atoms with Crippen molar-refractivity contribution >= 4 is 27.5 Å². The van der Waals surface area contributed by atoms with Crippen LogP contribution in [0.4, 0.5) is 0 Å². The van der Waals surface area contributed by atoms with E-state index in [1.54, 1.807) is 43.0 Å². The number of aliphatic hydroxyl groups excluding tert-OH is 1. The number of methoxy groups -OCH3 is 2. The zero-order chi connectivity index (χ0) is 17.8. The molecule has 0 aliphatic heterocycles. The summed E-state index contributed by atoms with van der Waals surface area (Å²) >= 11 is 1.48. The molecule has 0 saturated carbocycles. The van der Waals surface area contributed by atoms with E-state index in [2.05, 4.69) is 10.3 Å². The Morgan fingerprint density at radius 1 is 1.20 bits per heavy atom. The van der Waals surface area contributed by atoms with Gasteiger partial charge in [0.15, 0.2) is 11.5 Å². The van der Waals surface area contributed by atoms with Gasteiger partial charge in [-0.05, 0) is 35.9 Å². The number of rotatable bonds is 6. The summed E-state index contributed by atoms with van der Waals surface area (Å²) in [7, 11) is 3.08. The van der Waals surface area contributed by atoms with Crippen LogP contribution in [0.5, 0.6) is 11.5 Å². The smallest absolute Gasteiger partial charge is 0.251 e. The Bertz CT molecular complexity index is 894. The molecule has 3 aromatic rings. The number of ether oxygens (including phenoxy) is 2. The van der Waals surface area contributed by atoms with Gasteiger partial charge in [0.05, 0.1) is 36.1 Å². The Morgan fingerprint density at radius 3 is 2.76 bits per heavy atom. The number of fused-ring (bicyclic) bond motifs is 1. The van der Waals surface area contributed by atoms with Crippen LogP contribution in [-0.2, 0) is 0 Å². The van der Waals surface area contributed by atoms with E-state index in [1.807, 2.05) is 6.07 Å². The summed E-state index contributed by atoms with van der Waals surface area (Å²) in [5.74, 6) is 0.871. The molecule has 2 aromatic carbocycles. The highest BCUT2D eigenvalue weighted by Crippen LogP contribution is 2.29. The first-order chi connectivity index (χ1) is 12.1. The molecule has 7 heteroatoms. The zero-order valence-corrected chi connectivity index (χ0v) is 14.7. The monoisotopic (exact) mass is 358 g/mol. The van der Waals surface area contributed by atoms with Gasteiger partial charge in [0.2, 0.25) is 0 Å². The van der Waals surface area contributed by atoms with E-state index in [4.69, 9.17) is 9.47 Å². The predicted molar refractivity (Wildman–Crippen MR) is 96.5 cm³/mol. The average molecular weight is 358 g/mol. The largest absolute Gasteiger partial charge is 0.493 e. The maximum Gasteiger partial charge on any atom is 0.251 e. The van der Waals surface area contributed by atoms with Crippen LogP contribution in [0.3, 0.4) is 0 Å². The number of hydrogen-bond donors (Lipinski definition) is 2. The highest BCUT2D eigenvalue weighted by Gasteiger charge is 2.14. The fourth-order valence-corrected chi connectivity index (χ4v) is 3.18. The minimum absolute atomic E-state index is 0.0923. The van der Waals surface area contributed by atoms with Crippen LogP contribution >= 0.6 is 11.3 Å². The first-order valence-electron chi connectivity index (χ1n) is 7.64. The SMILES string of the molecule is COc1ccc(C(O)CNC(=O)c2ccc3ncsc3c2)cc1OC. The van der Waals surface area contributed by atoms with Crippen molar-refractivity contribution in [3.8, 4) is 11.5 Å². The normalized spacial score (nSPS) is 12.0. The fourth-order valence-electron chi connectivity index (χ4n) is 2.47. The van der Waals surface area contributed by atoms with Crippen molar-refractivity contribution in [2.24, 2.45) is 0 Å². The van der Waals surface area contributed by atoms with E-state index in [0.717, 1.165) is 10.2 Å². The number of carbonyl (C=O) groups excluding carboxylic acids is 1. The third-order valence-electron chi connectivity index (χ3n) is 3.84. The van der Waals surface area contributed by atoms with Gasteiger partial charge in [-0.15, -0.1) is 11.3 Å². The Balaban J connectivity index is 1.66. The third kappa shape index (κ3) is 3.72. The molecular weight excluding hydrogens is 340 g/mol. The van der Waals surface area contributed by atoms with Gasteiger partial charge in [-0.2, -0.15) is 0 Å². The molecule has 1 heterocycles. The van der Waals surface area contributed by atoms with E-state index in [0.29, 0.717) is 22.6 Å². The summed E-state index contributed by atoms with van der Waals surface area (Å²) in [5.41, 5.74) is 3.78. The Labute approximate surface area is 149 Å². The van der Waals surface area contributed by atoms with Crippen molar-refractivity contribution in [2.45, 2.75) is 6.10 Å². The number of nitrogens with zero attached hydrogens (tertiary/aromatic N) is 1. The van der Waals surface area contributed by atoms with Crippen LogP contribution in [0.15, 0.2) is 41.9 Å². The highest BCUT2D eigenvalue weighted by molar-refractivity contribution is 7.16. The third-order valence-corrected chi connectivity index (χ3v) is 4.63. The lowest BCUT2D eigenvalue weighted by molar-refractivity contribution is 0.0916. The van der Waals surface area contributed by atoms with Crippen molar-refractivity contribution in [3.05, 3.63) is 53.0 Å². The number of benzene rings is 2. The molecule has 0 fully saturated rings. The van der Waals surface area contributed by atoms with Gasteiger partial charge in [0.1, 0.15) is 0 Å². The molecule has 0 bridgehead atoms. The summed E-state index contributed by atoms with van der Waals surface area (Å²) in [6.07, 6.45) is -0.851. The van der Waals surface area contributed by atoms with Gasteiger partial charge in [-0.25, -0.2) is 4.98 Å². The molecule has 130 valence electrons. The molecule has 0 saturated heterocycles. The molecule has 25 heavy (non-hydrogen) atoms. The number of amides is 1. The Morgan fingerprint density at radius 2 is 2.00 bits per heavy atom. The van der Waals surface area contributed by atoms with Crippen LogP contribution in [-0.4, -0.2) is 36.8 Å². The van der Waals surface area contributed by atoms with Gasteiger partial charge in [-0.1, -0.05) is 6.07 Å². The summed E-state index contributed by atoms with van der Waals surface area (Å²) in [4.78, 5) is 16.5. The minimum atomic E-state index is -0.851. The number of carbonyl (C=O) groups is 1. The second-order valence-corrected chi connectivity index (χ2v) is 6.26. The second kappa shape index (κ2) is 7.50. The molecule has 6 nitrogen and oxygen atoms in total. The summed E-state index contributed by atoms with van der Waals surface area (Å²) < 4.78 is 11.4. The standard InChI is InChI=1S/C18H18N2O4S/c1-23-15-6-4-11(7-16(15)24-2)14(21)9-19-18(22)12-3-5-13-17(8-12)25-10-20-13/h3-8,10,14,21H,9H2,1-2H3,(H,19,22). The van der Waals surface area contributed by atoms with E-state index in [1.165, 1.54) is 18.4 Å². The van der Waals surface area contributed by atoms with E-state index in [9.17, 15) is 9.90 Å². The van der Waals surface area contributed by atoms with Gasteiger partial charge in [-0.3, -0.25) is 4.79 Å². The number of aliphatic hydroxyl groups is 1. The lowest BCUT2D eigenvalue weighted by Gasteiger charge is -2.15. The molecule has 0 aliphatic carbocycles. The van der Waals surface area contributed by atoms with Crippen molar-refractivity contribution in [2.75, 3.05) is 20.8 Å². The van der Waals surface area contributed by atoms with Gasteiger partial charge >= 0.3 is 0 Å². The quantitative estimate of drug-likeness (QED) is 0.708. The fraction of sp³-hybridized carbons (Fsp3) is 0.222. The number of thiazole rings is 1. The van der Waals surface area contributed by atoms with Crippen LogP contribution in [0.1, 0.15) is 22.0 Å². The molecule has 1 atom stereocenters. The van der Waals surface area contributed by atoms with Crippen molar-refractivity contribution in [1.82, 2.24) is 10.3 Å². The molecule has 0 spiro atoms. The first-order valence-corrected chi connectivity index (χ1v) is 8.51. The van der Waals surface area contributed by atoms with Crippen LogP contribution in [0.25, 0.3) is 10.2 Å². The molecule has 0 radical (unpaired) electrons. The molecule has 1 aromatic heterocycles. The maximum absolute atomic E-state index is 12.3. The van der Waals surface area contributed by atoms with E-state index >= 15 is 0 Å². The molecule has 0 aliphatic rings. The Kier molecular flexibility index (Phi) is 5.16. The molecule has 1 amide bonds. The van der Waals surface area contributed by atoms with Crippen molar-refractivity contribution < 1.29 is 19.4 Å². The van der Waals surface area contributed by atoms with Crippen LogP contribution < -0.4 is 14.8 Å². The van der Waals surface area contributed by atoms with Crippen LogP contribution in [0.2, 0.25) is 0 Å². The van der Waals surface area contributed by atoms with Crippen molar-refractivity contribution in [1.29, 1.82) is 0 Å². The van der Waals surface area contributed by atoms with E-state index < -0.39 is 6.10 Å². The van der Waals surface area contributed by atoms with Gasteiger partial charge in [0.25, 0.3) is 5.91 Å². The lowest BCUT2D eigenvalue weighted by Crippen LogP contribution is -2.28. The lowest BCUT2D eigenvalue weighted by atomic mass is 10.1. The minimum Gasteiger partial charge on any atom is -0.493 e. The zero-order valence-electron chi connectivity index (χ0n) is 13.9. The maximum atomic E-state index is 12.3. The van der Waals surface area contributed by atoms with Crippen LogP contribution in [0, 0.1) is 0 Å². The summed E-state index contributed by atoms with van der Waals surface area (Å²) in [5, 5.41) is 13.1. The Hall–Kier alpha value is -2.64. The average Bonchev–Trinajstić information content (AvgIpc) is 3.12. The topological polar surface area (TPSA) is 80.7 Å². The second-order valence-electron chi connectivity index (χ2n) is 5.38. The molecular formula is C18H18N2O4S. The van der Waals surface area contributed by atoms with E-state index in [-0.39, 0.29) is 12.5 Å². The number of hydrogen-bond acceptors (Lipinski definition) is 6. The molecule has 3 rings (SSSR count). The van der Waals surface area contributed by atoms with Gasteiger partial charge < -0.3 is 19.9 Å². The number of nitrogens with one attached hydrogen (secondary N) is 1.